The van der Waals surface area contributed by atoms with Crippen molar-refractivity contribution < 1.29 is 22.0 Å². The first kappa shape index (κ1) is 25.8. The lowest BCUT2D eigenvalue weighted by Gasteiger charge is -2.18. The van der Waals surface area contributed by atoms with Crippen LogP contribution in [0.25, 0.3) is 11.0 Å². The normalized spacial score (nSPS) is 12.0. The minimum Gasteiger partial charge on any atom is -0.341 e. The summed E-state index contributed by atoms with van der Waals surface area (Å²) in [7, 11) is -2.04. The van der Waals surface area contributed by atoms with E-state index in [0.717, 1.165) is 17.6 Å². The number of carbonyl (C=O) groups is 1. The van der Waals surface area contributed by atoms with Crippen LogP contribution in [0.15, 0.2) is 41.3 Å². The number of fused-ring (bicyclic) bond motifs is 1. The largest absolute Gasteiger partial charge is 0.341 e. The molecule has 0 saturated carbocycles. The molecule has 0 unspecified atom stereocenters. The van der Waals surface area contributed by atoms with Crippen LogP contribution >= 0.6 is 0 Å². The number of hydrogen-bond acceptors (Lipinski definition) is 4. The van der Waals surface area contributed by atoms with Crippen LogP contribution in [0, 0.1) is 11.6 Å². The minimum absolute atomic E-state index is 0.0295. The van der Waals surface area contributed by atoms with Crippen LogP contribution in [0.2, 0.25) is 0 Å². The van der Waals surface area contributed by atoms with Crippen molar-refractivity contribution in [2.24, 2.45) is 0 Å². The summed E-state index contributed by atoms with van der Waals surface area (Å²) >= 11 is 0. The fraction of sp³-hybridized carbons (Fsp3) is 0.417. The molecule has 184 valence electrons. The average molecular weight is 493 g/mol. The van der Waals surface area contributed by atoms with Gasteiger partial charge in [0.2, 0.25) is 15.9 Å². The zero-order valence-corrected chi connectivity index (χ0v) is 20.7. The van der Waals surface area contributed by atoms with Gasteiger partial charge in [-0.25, -0.2) is 22.2 Å². The van der Waals surface area contributed by atoms with E-state index in [0.29, 0.717) is 37.4 Å². The quantitative estimate of drug-likeness (QED) is 0.429. The second-order valence-electron chi connectivity index (χ2n) is 8.00. The van der Waals surface area contributed by atoms with E-state index in [1.54, 1.807) is 39.1 Å². The molecule has 0 radical (unpaired) electrons. The van der Waals surface area contributed by atoms with Crippen molar-refractivity contribution in [3.63, 3.8) is 0 Å². The molecule has 1 amide bonds. The van der Waals surface area contributed by atoms with E-state index in [1.165, 1.54) is 15.3 Å². The van der Waals surface area contributed by atoms with Crippen LogP contribution in [0.1, 0.15) is 38.6 Å². The van der Waals surface area contributed by atoms with Crippen molar-refractivity contribution in [2.45, 2.75) is 51.6 Å². The first-order valence-electron chi connectivity index (χ1n) is 11.3. The fourth-order valence-corrected chi connectivity index (χ4v) is 5.46. The molecule has 0 aliphatic rings. The maximum absolute atomic E-state index is 13.9. The molecule has 0 saturated heterocycles. The van der Waals surface area contributed by atoms with Gasteiger partial charge in [-0.15, -0.1) is 0 Å². The first-order valence-corrected chi connectivity index (χ1v) is 12.7. The van der Waals surface area contributed by atoms with E-state index < -0.39 is 21.7 Å². The third-order valence-corrected chi connectivity index (χ3v) is 7.91. The van der Waals surface area contributed by atoms with E-state index in [2.05, 4.69) is 4.98 Å². The lowest BCUT2D eigenvalue weighted by molar-refractivity contribution is -0.130. The topological polar surface area (TPSA) is 75.5 Å². The predicted molar refractivity (Wildman–Crippen MR) is 127 cm³/mol. The SMILES string of the molecule is CCN(CC)S(=O)(=O)c1ccc2c(c1)nc(CCC(=O)N(C)Cc1ccc(F)cc1F)n2CC. The standard InChI is InChI=1S/C24H30F2N4O3S/c1-5-29(6-2)34(32,33)19-10-11-22-21(15-19)27-23(30(22)7-3)12-13-24(31)28(4)16-17-8-9-18(25)14-20(17)26/h8-11,14-15H,5-7,12-13,16H2,1-4H3. The summed E-state index contributed by atoms with van der Waals surface area (Å²) < 4.78 is 56.1. The number of aromatic nitrogens is 2. The molecule has 0 bridgehead atoms. The van der Waals surface area contributed by atoms with E-state index in [1.807, 2.05) is 11.5 Å². The van der Waals surface area contributed by atoms with Crippen LogP contribution in [0.3, 0.4) is 0 Å². The summed E-state index contributed by atoms with van der Waals surface area (Å²) in [5.74, 6) is -0.891. The summed E-state index contributed by atoms with van der Waals surface area (Å²) in [5.41, 5.74) is 1.59. The van der Waals surface area contributed by atoms with Crippen molar-refractivity contribution in [1.29, 1.82) is 0 Å². The summed E-state index contributed by atoms with van der Waals surface area (Å²) in [6.45, 7) is 6.94. The van der Waals surface area contributed by atoms with Gasteiger partial charge in [-0.1, -0.05) is 19.9 Å². The van der Waals surface area contributed by atoms with Crippen molar-refractivity contribution in [2.75, 3.05) is 20.1 Å². The number of imidazole rings is 1. The molecule has 0 N–H and O–H groups in total. The second kappa shape index (κ2) is 10.6. The second-order valence-corrected chi connectivity index (χ2v) is 9.94. The molecule has 1 aromatic heterocycles. The number of sulfonamides is 1. The van der Waals surface area contributed by atoms with Crippen LogP contribution in [0.5, 0.6) is 0 Å². The Kier molecular flexibility index (Phi) is 8.04. The van der Waals surface area contributed by atoms with E-state index in [-0.39, 0.29) is 29.3 Å². The van der Waals surface area contributed by atoms with Crippen LogP contribution in [-0.4, -0.2) is 53.2 Å². The van der Waals surface area contributed by atoms with Gasteiger partial charge in [-0.3, -0.25) is 4.79 Å². The van der Waals surface area contributed by atoms with Gasteiger partial charge in [-0.05, 0) is 31.2 Å². The average Bonchev–Trinajstić information content (AvgIpc) is 3.16. The van der Waals surface area contributed by atoms with Crippen molar-refractivity contribution in [3.8, 4) is 0 Å². The molecular weight excluding hydrogens is 462 g/mol. The molecule has 2 aromatic carbocycles. The first-order chi connectivity index (χ1) is 16.1. The number of rotatable bonds is 10. The van der Waals surface area contributed by atoms with Gasteiger partial charge >= 0.3 is 0 Å². The molecule has 0 aliphatic heterocycles. The van der Waals surface area contributed by atoms with Gasteiger partial charge in [0.05, 0.1) is 15.9 Å². The monoisotopic (exact) mass is 492 g/mol. The molecule has 3 rings (SSSR count). The van der Waals surface area contributed by atoms with Crippen molar-refractivity contribution in [1.82, 2.24) is 18.8 Å². The highest BCUT2D eigenvalue weighted by Crippen LogP contribution is 2.24. The maximum Gasteiger partial charge on any atom is 0.243 e. The molecule has 0 spiro atoms. The Balaban J connectivity index is 1.78. The molecule has 10 heteroatoms. The number of benzene rings is 2. The Morgan fingerprint density at radius 2 is 1.76 bits per heavy atom. The lowest BCUT2D eigenvalue weighted by atomic mass is 10.2. The number of carbonyl (C=O) groups excluding carboxylic acids is 1. The molecule has 0 atom stereocenters. The maximum atomic E-state index is 13.9. The fourth-order valence-electron chi connectivity index (χ4n) is 3.98. The Morgan fingerprint density at radius 1 is 1.06 bits per heavy atom. The zero-order valence-electron chi connectivity index (χ0n) is 19.9. The number of halogens is 2. The summed E-state index contributed by atoms with van der Waals surface area (Å²) in [6, 6.07) is 8.19. The van der Waals surface area contributed by atoms with Crippen molar-refractivity contribution >= 4 is 27.0 Å². The third-order valence-electron chi connectivity index (χ3n) is 5.87. The van der Waals surface area contributed by atoms with Crippen LogP contribution in [0.4, 0.5) is 8.78 Å². The lowest BCUT2D eigenvalue weighted by Crippen LogP contribution is -2.30. The summed E-state index contributed by atoms with van der Waals surface area (Å²) in [6.07, 6.45) is 0.489. The van der Waals surface area contributed by atoms with E-state index in [9.17, 15) is 22.0 Å². The Morgan fingerprint density at radius 3 is 2.38 bits per heavy atom. The highest BCUT2D eigenvalue weighted by Gasteiger charge is 2.23. The minimum atomic E-state index is -3.61. The molecule has 7 nitrogen and oxygen atoms in total. The highest BCUT2D eigenvalue weighted by atomic mass is 32.2. The van der Waals surface area contributed by atoms with Gasteiger partial charge in [0.1, 0.15) is 17.5 Å². The van der Waals surface area contributed by atoms with E-state index >= 15 is 0 Å². The summed E-state index contributed by atoms with van der Waals surface area (Å²) in [5, 5.41) is 0. The van der Waals surface area contributed by atoms with Crippen LogP contribution in [-0.2, 0) is 34.3 Å². The Labute approximate surface area is 199 Å². The number of aryl methyl sites for hydroxylation is 2. The van der Waals surface area contributed by atoms with Gasteiger partial charge in [0.25, 0.3) is 0 Å². The molecular formula is C24H30F2N4O3S. The smallest absolute Gasteiger partial charge is 0.243 e. The number of hydrogen-bond donors (Lipinski definition) is 0. The molecule has 0 fully saturated rings. The number of amides is 1. The molecule has 34 heavy (non-hydrogen) atoms. The highest BCUT2D eigenvalue weighted by molar-refractivity contribution is 7.89. The molecule has 1 heterocycles. The van der Waals surface area contributed by atoms with E-state index in [4.69, 9.17) is 0 Å². The Bertz CT molecular complexity index is 1290. The number of nitrogens with zero attached hydrogens (tertiary/aromatic N) is 4. The molecule has 0 aliphatic carbocycles. The third kappa shape index (κ3) is 5.28. The summed E-state index contributed by atoms with van der Waals surface area (Å²) in [4.78, 5) is 18.8. The van der Waals surface area contributed by atoms with Crippen LogP contribution < -0.4 is 0 Å². The van der Waals surface area contributed by atoms with Crippen molar-refractivity contribution in [3.05, 3.63) is 59.4 Å². The predicted octanol–water partition coefficient (Wildman–Crippen LogP) is 3.96. The Hall–Kier alpha value is -2.85. The molecule has 3 aromatic rings. The van der Waals surface area contributed by atoms with Gasteiger partial charge < -0.3 is 9.47 Å². The van der Waals surface area contributed by atoms with Gasteiger partial charge in [0.15, 0.2) is 0 Å². The zero-order chi connectivity index (χ0) is 25.0. The van der Waals surface area contributed by atoms with Gasteiger partial charge in [-0.2, -0.15) is 4.31 Å². The van der Waals surface area contributed by atoms with Gasteiger partial charge in [0, 0.05) is 57.7 Å².